The van der Waals surface area contributed by atoms with E-state index in [-0.39, 0.29) is 29.3 Å². The smallest absolute Gasteiger partial charge is 0.282 e. The van der Waals surface area contributed by atoms with Gasteiger partial charge in [-0.25, -0.2) is 8.78 Å². The number of nitrogens with one attached hydrogen (secondary N) is 2. The molecule has 3 aromatic heterocycles. The molecule has 39 heavy (non-hydrogen) atoms. The van der Waals surface area contributed by atoms with Gasteiger partial charge in [0.05, 0.1) is 5.56 Å². The number of aryl methyl sites for hydroxylation is 2. The summed E-state index contributed by atoms with van der Waals surface area (Å²) in [6.45, 7) is 0.702. The largest absolute Gasteiger partial charge is 0.352 e. The molecule has 2 atom stereocenters. The Hall–Kier alpha value is -3.15. The molecule has 3 heterocycles. The van der Waals surface area contributed by atoms with Crippen LogP contribution in [0.4, 0.5) is 20.5 Å². The number of carbonyl (C=O) groups excluding carboxylic acids is 2. The number of nitrogens with zero attached hydrogens (tertiary/aromatic N) is 5. The number of halogens is 2. The van der Waals surface area contributed by atoms with Crippen LogP contribution in [0.25, 0.3) is 0 Å². The number of fused-ring (bicyclic) bond motifs is 1. The Kier molecular flexibility index (Phi) is 5.87. The highest BCUT2D eigenvalue weighted by molar-refractivity contribution is 7.12. The van der Waals surface area contributed by atoms with Gasteiger partial charge in [-0.1, -0.05) is 0 Å². The average Bonchev–Trinajstić information content (AvgIpc) is 3.87. The molecule has 1 spiro atoms. The summed E-state index contributed by atoms with van der Waals surface area (Å²) in [5, 5.41) is 18.4. The molecule has 206 valence electrons. The lowest BCUT2D eigenvalue weighted by atomic mass is 9.90. The summed E-state index contributed by atoms with van der Waals surface area (Å²) in [5.74, 6) is 1.73. The Morgan fingerprint density at radius 3 is 2.77 bits per heavy atom. The fourth-order valence-corrected chi connectivity index (χ4v) is 7.54. The first-order chi connectivity index (χ1) is 18.8. The number of alkyl halides is 2. The molecule has 0 aliphatic heterocycles. The van der Waals surface area contributed by atoms with Crippen molar-refractivity contribution < 1.29 is 18.4 Å². The molecule has 0 aromatic carbocycles. The minimum Gasteiger partial charge on any atom is -0.352 e. The van der Waals surface area contributed by atoms with Crippen LogP contribution in [-0.4, -0.2) is 42.8 Å². The molecule has 2 N–H and O–H groups in total. The lowest BCUT2D eigenvalue weighted by Gasteiger charge is -2.25. The van der Waals surface area contributed by atoms with Crippen molar-refractivity contribution in [3.8, 4) is 0 Å². The molecule has 4 aliphatic carbocycles. The molecule has 3 aromatic rings. The summed E-state index contributed by atoms with van der Waals surface area (Å²) in [7, 11) is 1.59. The highest BCUT2D eigenvalue weighted by Crippen LogP contribution is 2.70. The van der Waals surface area contributed by atoms with Crippen LogP contribution in [0.3, 0.4) is 0 Å². The number of carbonyl (C=O) groups is 2. The first-order valence-electron chi connectivity index (χ1n) is 13.7. The first-order valence-corrected chi connectivity index (χ1v) is 14.6. The number of rotatable bonds is 10. The Bertz CT molecular complexity index is 1450. The Morgan fingerprint density at radius 2 is 2.08 bits per heavy atom. The minimum absolute atomic E-state index is 0.0240. The first kappa shape index (κ1) is 24.9. The molecule has 0 radical (unpaired) electrons. The van der Waals surface area contributed by atoms with Gasteiger partial charge >= 0.3 is 0 Å². The minimum atomic E-state index is -2.67. The van der Waals surface area contributed by atoms with E-state index in [1.165, 1.54) is 34.9 Å². The van der Waals surface area contributed by atoms with Crippen molar-refractivity contribution in [1.29, 1.82) is 0 Å². The van der Waals surface area contributed by atoms with E-state index in [9.17, 15) is 18.4 Å². The summed E-state index contributed by atoms with van der Waals surface area (Å²) in [6.07, 6.45) is 7.19. The normalized spacial score (nSPS) is 22.7. The summed E-state index contributed by atoms with van der Waals surface area (Å²) < 4.78 is 29.5. The molecule has 12 heteroatoms. The van der Waals surface area contributed by atoms with Crippen LogP contribution in [0.1, 0.15) is 82.4 Å². The SMILES string of the molecule is Cn1nc(C(F)F)cc1Nc1nncn1[C@H]1CCc2sc(CC(=O)C3CC3)c(C(=O)NC[C@@H]3CC34CC4)c2C1. The number of aromatic nitrogens is 5. The van der Waals surface area contributed by atoms with E-state index in [4.69, 9.17) is 0 Å². The quantitative estimate of drug-likeness (QED) is 0.381. The molecule has 3 fully saturated rings. The molecule has 1 amide bonds. The van der Waals surface area contributed by atoms with Crippen molar-refractivity contribution >= 4 is 34.8 Å². The van der Waals surface area contributed by atoms with Crippen LogP contribution in [0.15, 0.2) is 12.4 Å². The standard InChI is InChI=1S/C27H31F2N7O2S/c1-35-22(9-18(34-35)24(28)29)32-26-33-31-13-36(26)16-4-5-20-17(8-16)23(21(39-20)10-19(37)14-2-3-14)25(38)30-12-15-11-27(15)6-7-27/h9,13-16,24H,2-8,10-12H2,1H3,(H,30,38)(H,32,33)/t15-,16-/m0/s1. The Morgan fingerprint density at radius 1 is 1.26 bits per heavy atom. The predicted octanol–water partition coefficient (Wildman–Crippen LogP) is 4.54. The van der Waals surface area contributed by atoms with Crippen molar-refractivity contribution in [2.24, 2.45) is 24.3 Å². The van der Waals surface area contributed by atoms with Crippen molar-refractivity contribution in [3.05, 3.63) is 39.0 Å². The zero-order chi connectivity index (χ0) is 26.9. The number of thiophene rings is 1. The van der Waals surface area contributed by atoms with Crippen LogP contribution in [0, 0.1) is 17.3 Å². The van der Waals surface area contributed by atoms with Gasteiger partial charge in [0.25, 0.3) is 12.3 Å². The maximum absolute atomic E-state index is 13.6. The van der Waals surface area contributed by atoms with E-state index in [0.717, 1.165) is 36.1 Å². The number of Topliss-reactive ketones (excluding diaryl/α,β-unsaturated/α-hetero) is 1. The van der Waals surface area contributed by atoms with Crippen LogP contribution >= 0.6 is 11.3 Å². The topological polar surface area (TPSA) is 107 Å². The Labute approximate surface area is 228 Å². The third-order valence-electron chi connectivity index (χ3n) is 8.99. The molecule has 0 bridgehead atoms. The second kappa shape index (κ2) is 9.21. The van der Waals surface area contributed by atoms with Gasteiger partial charge in [-0.05, 0) is 68.3 Å². The lowest BCUT2D eigenvalue weighted by Crippen LogP contribution is -2.29. The van der Waals surface area contributed by atoms with E-state index < -0.39 is 6.43 Å². The van der Waals surface area contributed by atoms with Gasteiger partial charge in [0.1, 0.15) is 23.6 Å². The number of anilines is 2. The monoisotopic (exact) mass is 555 g/mol. The molecule has 9 nitrogen and oxygen atoms in total. The molecule has 4 aliphatic rings. The Balaban J connectivity index is 1.13. The third kappa shape index (κ3) is 4.66. The van der Waals surface area contributed by atoms with Gasteiger partial charge in [0.15, 0.2) is 0 Å². The van der Waals surface area contributed by atoms with E-state index >= 15 is 0 Å². The molecule has 0 saturated heterocycles. The van der Waals surface area contributed by atoms with Crippen LogP contribution in [0.5, 0.6) is 0 Å². The maximum Gasteiger partial charge on any atom is 0.282 e. The number of amides is 1. The van der Waals surface area contributed by atoms with Gasteiger partial charge in [0, 0.05) is 47.8 Å². The summed E-state index contributed by atoms with van der Waals surface area (Å²) in [6, 6.07) is 1.28. The van der Waals surface area contributed by atoms with Crippen molar-refractivity contribution in [2.75, 3.05) is 11.9 Å². The highest BCUT2D eigenvalue weighted by atomic mass is 32.1. The zero-order valence-corrected chi connectivity index (χ0v) is 22.6. The van der Waals surface area contributed by atoms with Gasteiger partial charge in [-0.3, -0.25) is 18.8 Å². The fourth-order valence-electron chi connectivity index (χ4n) is 6.18. The third-order valence-corrected chi connectivity index (χ3v) is 10.3. The second-order valence-electron chi connectivity index (χ2n) is 11.7. The zero-order valence-electron chi connectivity index (χ0n) is 21.8. The van der Waals surface area contributed by atoms with Crippen molar-refractivity contribution in [3.63, 3.8) is 0 Å². The molecule has 0 unspecified atom stereocenters. The van der Waals surface area contributed by atoms with Crippen molar-refractivity contribution in [1.82, 2.24) is 29.9 Å². The van der Waals surface area contributed by atoms with E-state index in [1.54, 1.807) is 24.7 Å². The molecule has 3 saturated carbocycles. The second-order valence-corrected chi connectivity index (χ2v) is 12.8. The van der Waals surface area contributed by atoms with Crippen LogP contribution in [-0.2, 0) is 31.1 Å². The molecular weight excluding hydrogens is 524 g/mol. The summed E-state index contributed by atoms with van der Waals surface area (Å²) in [5.41, 5.74) is 1.91. The van der Waals surface area contributed by atoms with Crippen molar-refractivity contribution in [2.45, 2.75) is 70.3 Å². The highest BCUT2D eigenvalue weighted by Gasteiger charge is 2.62. The average molecular weight is 556 g/mol. The predicted molar refractivity (Wildman–Crippen MR) is 140 cm³/mol. The van der Waals surface area contributed by atoms with E-state index in [2.05, 4.69) is 25.9 Å². The van der Waals surface area contributed by atoms with E-state index in [0.29, 0.717) is 48.0 Å². The van der Waals surface area contributed by atoms with Gasteiger partial charge in [0.2, 0.25) is 5.95 Å². The van der Waals surface area contributed by atoms with E-state index in [1.807, 2.05) is 4.57 Å². The number of ketones is 1. The van der Waals surface area contributed by atoms with Gasteiger partial charge in [-0.15, -0.1) is 21.5 Å². The number of hydrogen-bond acceptors (Lipinski definition) is 7. The van der Waals surface area contributed by atoms with Gasteiger partial charge < -0.3 is 10.6 Å². The lowest BCUT2D eigenvalue weighted by molar-refractivity contribution is -0.119. The molecule has 7 rings (SSSR count). The summed E-state index contributed by atoms with van der Waals surface area (Å²) >= 11 is 1.62. The van der Waals surface area contributed by atoms with Crippen LogP contribution in [0.2, 0.25) is 0 Å². The number of hydrogen-bond donors (Lipinski definition) is 2. The van der Waals surface area contributed by atoms with Gasteiger partial charge in [-0.2, -0.15) is 5.10 Å². The van der Waals surface area contributed by atoms with Crippen LogP contribution < -0.4 is 10.6 Å². The molecular formula is C27H31F2N7O2S. The fraction of sp³-hybridized carbons (Fsp3) is 0.593. The summed E-state index contributed by atoms with van der Waals surface area (Å²) in [4.78, 5) is 28.4. The maximum atomic E-state index is 13.6.